The Labute approximate surface area is 165 Å². The Hall–Kier alpha value is -2.00. The van der Waals surface area contributed by atoms with E-state index in [2.05, 4.69) is 15.7 Å². The molecule has 0 spiro atoms. The maximum Gasteiger partial charge on any atom is 0.436 e. The van der Waals surface area contributed by atoms with E-state index >= 15 is 0 Å². The van der Waals surface area contributed by atoms with Crippen LogP contribution in [0.1, 0.15) is 24.7 Å². The molecule has 1 aromatic carbocycles. The van der Waals surface area contributed by atoms with Crippen LogP contribution in [0.3, 0.4) is 0 Å². The molecule has 148 valence electrons. The van der Waals surface area contributed by atoms with E-state index in [1.807, 2.05) is 31.2 Å². The van der Waals surface area contributed by atoms with Crippen molar-refractivity contribution in [2.75, 3.05) is 18.5 Å². The third-order valence-electron chi connectivity index (χ3n) is 3.67. The topological polar surface area (TPSA) is 51.1 Å². The molecule has 27 heavy (non-hydrogen) atoms. The average Bonchev–Trinajstić information content (AvgIpc) is 2.89. The minimum Gasteiger partial charge on any atom is -0.492 e. The van der Waals surface area contributed by atoms with Crippen LogP contribution in [-0.2, 0) is 12.7 Å². The highest BCUT2D eigenvalue weighted by Gasteiger charge is 2.38. The summed E-state index contributed by atoms with van der Waals surface area (Å²) in [5.74, 6) is 0.686. The summed E-state index contributed by atoms with van der Waals surface area (Å²) >= 11 is 11.0. The molecule has 0 fully saturated rings. The van der Waals surface area contributed by atoms with Gasteiger partial charge in [-0.3, -0.25) is 4.68 Å². The lowest BCUT2D eigenvalue weighted by Gasteiger charge is -2.14. The number of anilines is 1. The number of benzene rings is 1. The Balaban J connectivity index is 1.85. The summed E-state index contributed by atoms with van der Waals surface area (Å²) in [6, 6.07) is 7.39. The number of halogens is 4. The number of nitrogens with one attached hydrogen (secondary N) is 2. The molecular weight excluding hydrogens is 401 g/mol. The van der Waals surface area contributed by atoms with Crippen molar-refractivity contribution < 1.29 is 17.9 Å². The Kier molecular flexibility index (Phi) is 7.32. The second-order valence-corrected chi connectivity index (χ2v) is 6.42. The number of thiocarbonyl (C=S) groups is 1. The normalized spacial score (nSPS) is 11.3. The van der Waals surface area contributed by atoms with Gasteiger partial charge in [-0.25, -0.2) is 0 Å². The number of hydrogen-bond acceptors (Lipinski definition) is 3. The van der Waals surface area contributed by atoms with Crippen molar-refractivity contribution in [3.05, 3.63) is 40.7 Å². The predicted molar refractivity (Wildman–Crippen MR) is 103 cm³/mol. The zero-order chi connectivity index (χ0) is 20.0. The van der Waals surface area contributed by atoms with Crippen molar-refractivity contribution >= 4 is 34.6 Å². The van der Waals surface area contributed by atoms with E-state index in [1.54, 1.807) is 0 Å². The van der Waals surface area contributed by atoms with Crippen LogP contribution in [0, 0.1) is 6.92 Å². The van der Waals surface area contributed by atoms with Gasteiger partial charge < -0.3 is 15.4 Å². The number of rotatable bonds is 7. The van der Waals surface area contributed by atoms with Gasteiger partial charge in [0.1, 0.15) is 5.75 Å². The molecule has 2 N–H and O–H groups in total. The zero-order valence-electron chi connectivity index (χ0n) is 14.9. The van der Waals surface area contributed by atoms with Gasteiger partial charge >= 0.3 is 6.18 Å². The van der Waals surface area contributed by atoms with E-state index in [9.17, 15) is 13.2 Å². The Morgan fingerprint density at radius 1 is 1.33 bits per heavy atom. The third kappa shape index (κ3) is 5.74. The van der Waals surface area contributed by atoms with E-state index in [4.69, 9.17) is 28.6 Å². The van der Waals surface area contributed by atoms with Gasteiger partial charge in [0.25, 0.3) is 0 Å². The van der Waals surface area contributed by atoms with Gasteiger partial charge in [-0.1, -0.05) is 23.7 Å². The number of hydrogen-bond donors (Lipinski definition) is 2. The van der Waals surface area contributed by atoms with Crippen LogP contribution in [0.5, 0.6) is 5.75 Å². The van der Waals surface area contributed by atoms with Crippen molar-refractivity contribution in [1.82, 2.24) is 15.1 Å². The van der Waals surface area contributed by atoms with Crippen molar-refractivity contribution in [3.63, 3.8) is 0 Å². The second-order valence-electron chi connectivity index (χ2n) is 5.63. The van der Waals surface area contributed by atoms with Gasteiger partial charge in [0.2, 0.25) is 0 Å². The maximum atomic E-state index is 12.8. The van der Waals surface area contributed by atoms with E-state index in [1.165, 1.54) is 11.6 Å². The maximum absolute atomic E-state index is 12.8. The Bertz CT molecular complexity index is 795. The highest BCUT2D eigenvalue weighted by atomic mass is 35.5. The lowest BCUT2D eigenvalue weighted by Crippen LogP contribution is -2.30. The fourth-order valence-corrected chi connectivity index (χ4v) is 2.83. The summed E-state index contributed by atoms with van der Waals surface area (Å²) < 4.78 is 45.2. The first-order chi connectivity index (χ1) is 12.7. The standard InChI is InChI=1S/C17H20ClF3N4OS/c1-3-26-13-8-5-4-7-12(13)23-16(27)22-9-6-10-25-11(2)14(18)15(24-25)17(19,20)21/h4-5,7-8H,3,6,9-10H2,1-2H3,(H2,22,23,27). The number of alkyl halides is 3. The molecule has 10 heteroatoms. The quantitative estimate of drug-likeness (QED) is 0.505. The van der Waals surface area contributed by atoms with Crippen molar-refractivity contribution in [1.29, 1.82) is 0 Å². The minimum absolute atomic E-state index is 0.285. The molecule has 2 rings (SSSR count). The lowest BCUT2D eigenvalue weighted by atomic mass is 10.3. The largest absolute Gasteiger partial charge is 0.492 e. The summed E-state index contributed by atoms with van der Waals surface area (Å²) in [7, 11) is 0. The van der Waals surface area contributed by atoms with Gasteiger partial charge in [0.15, 0.2) is 10.8 Å². The minimum atomic E-state index is -4.56. The number of aromatic nitrogens is 2. The monoisotopic (exact) mass is 420 g/mol. The Morgan fingerprint density at radius 2 is 2.04 bits per heavy atom. The molecule has 0 bridgehead atoms. The smallest absolute Gasteiger partial charge is 0.436 e. The molecule has 5 nitrogen and oxygen atoms in total. The van der Waals surface area contributed by atoms with E-state index in [0.717, 1.165) is 5.69 Å². The van der Waals surface area contributed by atoms with E-state index < -0.39 is 11.9 Å². The van der Waals surface area contributed by atoms with Crippen molar-refractivity contribution in [3.8, 4) is 5.75 Å². The summed E-state index contributed by atoms with van der Waals surface area (Å²) in [5, 5.41) is 9.65. The first-order valence-electron chi connectivity index (χ1n) is 8.30. The second kappa shape index (κ2) is 9.27. The van der Waals surface area contributed by atoms with Crippen LogP contribution in [0.2, 0.25) is 5.02 Å². The number of para-hydroxylation sites is 2. The first kappa shape index (κ1) is 21.3. The van der Waals surface area contributed by atoms with Crippen LogP contribution in [0.25, 0.3) is 0 Å². The molecule has 0 atom stereocenters. The van der Waals surface area contributed by atoms with E-state index in [0.29, 0.717) is 30.4 Å². The lowest BCUT2D eigenvalue weighted by molar-refractivity contribution is -0.141. The fourth-order valence-electron chi connectivity index (χ4n) is 2.37. The third-order valence-corrected chi connectivity index (χ3v) is 4.37. The molecule has 0 radical (unpaired) electrons. The summed E-state index contributed by atoms with van der Waals surface area (Å²) in [6.07, 6.45) is -4.05. The summed E-state index contributed by atoms with van der Waals surface area (Å²) in [6.45, 7) is 4.67. The summed E-state index contributed by atoms with van der Waals surface area (Å²) in [5.41, 5.74) is -0.0314. The van der Waals surface area contributed by atoms with Gasteiger partial charge in [0, 0.05) is 13.1 Å². The van der Waals surface area contributed by atoms with Crippen molar-refractivity contribution in [2.45, 2.75) is 33.0 Å². The Morgan fingerprint density at radius 3 is 2.67 bits per heavy atom. The first-order valence-corrected chi connectivity index (χ1v) is 9.09. The van der Waals surface area contributed by atoms with Gasteiger partial charge in [-0.2, -0.15) is 18.3 Å². The molecule has 2 aromatic rings. The SMILES string of the molecule is CCOc1ccccc1NC(=S)NCCCn1nc(C(F)(F)F)c(Cl)c1C. The van der Waals surface area contributed by atoms with Crippen LogP contribution in [0.4, 0.5) is 18.9 Å². The van der Waals surface area contributed by atoms with Crippen LogP contribution in [-0.4, -0.2) is 28.0 Å². The number of aryl methyl sites for hydroxylation is 1. The van der Waals surface area contributed by atoms with Gasteiger partial charge in [-0.15, -0.1) is 0 Å². The number of nitrogens with zero attached hydrogens (tertiary/aromatic N) is 2. The highest BCUT2D eigenvalue weighted by Crippen LogP contribution is 2.35. The molecule has 0 aliphatic heterocycles. The molecule has 0 aliphatic carbocycles. The van der Waals surface area contributed by atoms with Crippen molar-refractivity contribution in [2.24, 2.45) is 0 Å². The van der Waals surface area contributed by atoms with Crippen LogP contribution in [0.15, 0.2) is 24.3 Å². The molecular formula is C17H20ClF3N4OS. The number of ether oxygens (including phenoxy) is 1. The van der Waals surface area contributed by atoms with E-state index in [-0.39, 0.29) is 17.3 Å². The molecule has 0 amide bonds. The van der Waals surface area contributed by atoms with Crippen LogP contribution < -0.4 is 15.4 Å². The fraction of sp³-hybridized carbons (Fsp3) is 0.412. The van der Waals surface area contributed by atoms with Crippen LogP contribution >= 0.6 is 23.8 Å². The molecule has 0 unspecified atom stereocenters. The van der Waals surface area contributed by atoms with Gasteiger partial charge in [-0.05, 0) is 44.6 Å². The molecule has 0 saturated heterocycles. The molecule has 1 heterocycles. The molecule has 0 aliphatic rings. The molecule has 0 saturated carbocycles. The zero-order valence-corrected chi connectivity index (χ0v) is 16.4. The predicted octanol–water partition coefficient (Wildman–Crippen LogP) is 4.64. The summed E-state index contributed by atoms with van der Waals surface area (Å²) in [4.78, 5) is 0. The van der Waals surface area contributed by atoms with Gasteiger partial charge in [0.05, 0.1) is 23.0 Å². The highest BCUT2D eigenvalue weighted by molar-refractivity contribution is 7.80. The molecule has 1 aromatic heterocycles. The average molecular weight is 421 g/mol.